The van der Waals surface area contributed by atoms with Gasteiger partial charge < -0.3 is 10.2 Å². The Morgan fingerprint density at radius 3 is 2.24 bits per heavy atom. The predicted octanol–water partition coefficient (Wildman–Crippen LogP) is 0.179. The van der Waals surface area contributed by atoms with E-state index in [-0.39, 0.29) is 18.6 Å². The summed E-state index contributed by atoms with van der Waals surface area (Å²) in [5, 5.41) is 2.73. The van der Waals surface area contributed by atoms with Gasteiger partial charge >= 0.3 is 6.03 Å². The van der Waals surface area contributed by atoms with Crippen LogP contribution in [0.15, 0.2) is 17.0 Å². The molecule has 2 aliphatic rings. The molecule has 2 heterocycles. The molecule has 8 nitrogen and oxygen atoms in total. The molecule has 2 aliphatic heterocycles. The monoisotopic (exact) mass is 423 g/mol. The smallest absolute Gasteiger partial charge is 0.326 e. The fraction of sp³-hybridized carbons (Fsp3) is 0.600. The number of sulfonamides is 1. The third kappa shape index (κ3) is 4.31. The standard InChI is InChI=1S/C20H30N4O4S/c1-5-6-17-19(25)24(20(26)21-17)13-22-7-9-23(10-8-22)29(27,28)18-15(3)11-14(2)12-16(18)4/h11-12,17H,5-10,13H2,1-4H3,(H,21,26)/p+1/t17-/m1/s1. The van der Waals surface area contributed by atoms with Crippen LogP contribution < -0.4 is 10.2 Å². The SMILES string of the molecule is CCC[C@H]1NC(=O)N(C[NH+]2CCN(S(=O)(=O)c3c(C)cc(C)cc3C)CC2)C1=O. The maximum atomic E-state index is 13.2. The maximum Gasteiger partial charge on any atom is 0.329 e. The zero-order chi connectivity index (χ0) is 21.3. The summed E-state index contributed by atoms with van der Waals surface area (Å²) in [6.45, 7) is 9.72. The molecular weight excluding hydrogens is 392 g/mol. The van der Waals surface area contributed by atoms with Crippen LogP contribution in [0.3, 0.4) is 0 Å². The maximum absolute atomic E-state index is 13.2. The summed E-state index contributed by atoms with van der Waals surface area (Å²) in [7, 11) is -3.57. The summed E-state index contributed by atoms with van der Waals surface area (Å²) in [4.78, 5) is 27.2. The first-order valence-electron chi connectivity index (χ1n) is 10.2. The van der Waals surface area contributed by atoms with E-state index in [4.69, 9.17) is 0 Å². The topological polar surface area (TPSA) is 91.2 Å². The first kappa shape index (κ1) is 21.7. The number of hydrogen-bond acceptors (Lipinski definition) is 4. The number of imide groups is 1. The number of aryl methyl sites for hydroxylation is 3. The van der Waals surface area contributed by atoms with Gasteiger partial charge in [-0.15, -0.1) is 0 Å². The highest BCUT2D eigenvalue weighted by Crippen LogP contribution is 2.25. The number of urea groups is 1. The van der Waals surface area contributed by atoms with Crippen LogP contribution in [-0.2, 0) is 14.8 Å². The van der Waals surface area contributed by atoms with Crippen molar-refractivity contribution >= 4 is 22.0 Å². The number of amides is 3. The minimum absolute atomic E-state index is 0.176. The fourth-order valence-corrected chi connectivity index (χ4v) is 6.19. The second kappa shape index (κ2) is 8.41. The molecule has 9 heteroatoms. The van der Waals surface area contributed by atoms with Gasteiger partial charge in [-0.05, 0) is 38.3 Å². The van der Waals surface area contributed by atoms with Crippen LogP contribution in [0.1, 0.15) is 36.5 Å². The van der Waals surface area contributed by atoms with Crippen molar-refractivity contribution in [2.24, 2.45) is 0 Å². The Labute approximate surface area is 172 Å². The molecule has 0 radical (unpaired) electrons. The highest BCUT2D eigenvalue weighted by molar-refractivity contribution is 7.89. The molecule has 29 heavy (non-hydrogen) atoms. The lowest BCUT2D eigenvalue weighted by atomic mass is 10.1. The third-order valence-electron chi connectivity index (χ3n) is 5.70. The van der Waals surface area contributed by atoms with E-state index in [9.17, 15) is 18.0 Å². The van der Waals surface area contributed by atoms with E-state index in [0.717, 1.165) is 28.0 Å². The van der Waals surface area contributed by atoms with E-state index in [1.165, 1.54) is 9.21 Å². The molecule has 1 atom stereocenters. The van der Waals surface area contributed by atoms with Crippen molar-refractivity contribution in [1.82, 2.24) is 14.5 Å². The van der Waals surface area contributed by atoms with Gasteiger partial charge in [-0.1, -0.05) is 31.0 Å². The average Bonchev–Trinajstić information content (AvgIpc) is 2.89. The number of benzene rings is 1. The second-order valence-corrected chi connectivity index (χ2v) is 9.97. The molecule has 1 aromatic carbocycles. The molecule has 2 saturated heterocycles. The van der Waals surface area contributed by atoms with Crippen molar-refractivity contribution in [2.75, 3.05) is 32.8 Å². The van der Waals surface area contributed by atoms with E-state index in [0.29, 0.717) is 37.5 Å². The minimum atomic E-state index is -3.57. The molecule has 0 bridgehead atoms. The number of nitrogens with one attached hydrogen (secondary N) is 2. The highest BCUT2D eigenvalue weighted by Gasteiger charge is 2.40. The Morgan fingerprint density at radius 1 is 1.10 bits per heavy atom. The van der Waals surface area contributed by atoms with E-state index in [1.807, 2.05) is 39.8 Å². The van der Waals surface area contributed by atoms with E-state index in [2.05, 4.69) is 5.32 Å². The van der Waals surface area contributed by atoms with Crippen LogP contribution in [0.4, 0.5) is 4.79 Å². The Hall–Kier alpha value is -1.97. The number of piperazine rings is 1. The Morgan fingerprint density at radius 2 is 1.69 bits per heavy atom. The largest absolute Gasteiger partial charge is 0.329 e. The summed E-state index contributed by atoms with van der Waals surface area (Å²) >= 11 is 0. The molecule has 0 aliphatic carbocycles. The molecule has 160 valence electrons. The summed E-state index contributed by atoms with van der Waals surface area (Å²) in [5.74, 6) is -0.176. The van der Waals surface area contributed by atoms with E-state index in [1.54, 1.807) is 0 Å². The van der Waals surface area contributed by atoms with Gasteiger partial charge in [0.25, 0.3) is 5.91 Å². The van der Waals surface area contributed by atoms with Crippen molar-refractivity contribution in [3.8, 4) is 0 Å². The summed E-state index contributed by atoms with van der Waals surface area (Å²) < 4.78 is 27.9. The molecule has 2 fully saturated rings. The molecule has 0 unspecified atom stereocenters. The van der Waals surface area contributed by atoms with Gasteiger partial charge in [0.15, 0.2) is 6.67 Å². The van der Waals surface area contributed by atoms with Gasteiger partial charge in [-0.3, -0.25) is 4.79 Å². The van der Waals surface area contributed by atoms with Crippen molar-refractivity contribution in [1.29, 1.82) is 0 Å². The van der Waals surface area contributed by atoms with Crippen molar-refractivity contribution in [3.05, 3.63) is 28.8 Å². The fourth-order valence-electron chi connectivity index (χ4n) is 4.34. The lowest BCUT2D eigenvalue weighted by Crippen LogP contribution is -3.16. The van der Waals surface area contributed by atoms with Gasteiger partial charge in [0.1, 0.15) is 6.04 Å². The van der Waals surface area contributed by atoms with Crippen LogP contribution in [-0.4, -0.2) is 68.5 Å². The van der Waals surface area contributed by atoms with E-state index < -0.39 is 16.1 Å². The van der Waals surface area contributed by atoms with Crippen LogP contribution in [0.25, 0.3) is 0 Å². The number of hydrogen-bond donors (Lipinski definition) is 2. The quantitative estimate of drug-likeness (QED) is 0.639. The normalized spacial score (nSPS) is 21.7. The number of quaternary nitrogens is 1. The summed E-state index contributed by atoms with van der Waals surface area (Å²) in [5.41, 5.74) is 2.57. The summed E-state index contributed by atoms with van der Waals surface area (Å²) in [6, 6.07) is 3.01. The average molecular weight is 424 g/mol. The number of carbonyl (C=O) groups excluding carboxylic acids is 2. The lowest BCUT2D eigenvalue weighted by Gasteiger charge is -2.33. The molecule has 0 aromatic heterocycles. The minimum Gasteiger partial charge on any atom is -0.326 e. The number of rotatable bonds is 6. The zero-order valence-corrected chi connectivity index (χ0v) is 18.4. The first-order valence-corrected chi connectivity index (χ1v) is 11.6. The molecular formula is C20H31N4O4S+. The van der Waals surface area contributed by atoms with Crippen molar-refractivity contribution < 1.29 is 22.9 Å². The van der Waals surface area contributed by atoms with Crippen molar-refractivity contribution in [3.63, 3.8) is 0 Å². The van der Waals surface area contributed by atoms with Crippen LogP contribution in [0.5, 0.6) is 0 Å². The molecule has 3 rings (SSSR count). The Kier molecular flexibility index (Phi) is 6.30. The summed E-state index contributed by atoms with van der Waals surface area (Å²) in [6.07, 6.45) is 1.46. The molecule has 1 aromatic rings. The molecule has 2 N–H and O–H groups in total. The van der Waals surface area contributed by atoms with Crippen LogP contribution in [0.2, 0.25) is 0 Å². The van der Waals surface area contributed by atoms with Gasteiger partial charge in [0, 0.05) is 0 Å². The number of nitrogens with zero attached hydrogens (tertiary/aromatic N) is 2. The molecule has 3 amide bonds. The Balaban J connectivity index is 1.65. The Bertz CT molecular complexity index is 884. The van der Waals surface area contributed by atoms with Crippen LogP contribution >= 0.6 is 0 Å². The first-order chi connectivity index (χ1) is 13.6. The van der Waals surface area contributed by atoms with Gasteiger partial charge in [-0.25, -0.2) is 18.1 Å². The zero-order valence-electron chi connectivity index (χ0n) is 17.6. The highest BCUT2D eigenvalue weighted by atomic mass is 32.2. The predicted molar refractivity (Wildman–Crippen MR) is 109 cm³/mol. The van der Waals surface area contributed by atoms with Gasteiger partial charge in [0.2, 0.25) is 10.0 Å². The number of carbonyl (C=O) groups is 2. The van der Waals surface area contributed by atoms with Crippen LogP contribution in [0, 0.1) is 20.8 Å². The molecule has 0 spiro atoms. The van der Waals surface area contributed by atoms with E-state index >= 15 is 0 Å². The molecule has 0 saturated carbocycles. The van der Waals surface area contributed by atoms with Gasteiger partial charge in [-0.2, -0.15) is 4.31 Å². The lowest BCUT2D eigenvalue weighted by molar-refractivity contribution is -0.910. The third-order valence-corrected chi connectivity index (χ3v) is 7.90. The van der Waals surface area contributed by atoms with Crippen molar-refractivity contribution in [2.45, 2.75) is 51.5 Å². The van der Waals surface area contributed by atoms with Gasteiger partial charge in [0.05, 0.1) is 31.1 Å². The second-order valence-electron chi connectivity index (χ2n) is 8.10.